The third-order valence-electron chi connectivity index (χ3n) is 3.35. The molecule has 1 aliphatic heterocycles. The molecule has 1 heterocycles. The van der Waals surface area contributed by atoms with Crippen molar-refractivity contribution >= 4 is 23.2 Å². The first-order valence-corrected chi connectivity index (χ1v) is 6.85. The summed E-state index contributed by atoms with van der Waals surface area (Å²) >= 11 is 6.11. The van der Waals surface area contributed by atoms with Gasteiger partial charge in [-0.25, -0.2) is 0 Å². The molecule has 1 aliphatic rings. The molecule has 0 aliphatic carbocycles. The Morgan fingerprint density at radius 2 is 2.22 bits per heavy atom. The predicted molar refractivity (Wildman–Crippen MR) is 75.1 cm³/mol. The second-order valence-corrected chi connectivity index (χ2v) is 5.18. The summed E-state index contributed by atoms with van der Waals surface area (Å²) in [6, 6.07) is 5.53. The lowest BCUT2D eigenvalue weighted by molar-refractivity contribution is -0.118. The van der Waals surface area contributed by atoms with Gasteiger partial charge in [-0.05, 0) is 37.9 Å². The molecule has 0 aromatic heterocycles. The van der Waals surface area contributed by atoms with Crippen molar-refractivity contribution in [3.8, 4) is 0 Å². The lowest BCUT2D eigenvalue weighted by Gasteiger charge is -2.17. The number of hydrogen-bond donors (Lipinski definition) is 2. The van der Waals surface area contributed by atoms with Crippen LogP contribution in [0.25, 0.3) is 0 Å². The highest BCUT2D eigenvalue weighted by Crippen LogP contribution is 2.25. The van der Waals surface area contributed by atoms with Gasteiger partial charge >= 0.3 is 0 Å². The first kappa shape index (κ1) is 13.4. The Morgan fingerprint density at radius 1 is 1.39 bits per heavy atom. The normalized spacial score (nSPS) is 20.2. The van der Waals surface area contributed by atoms with Crippen LogP contribution in [0.1, 0.15) is 31.2 Å². The van der Waals surface area contributed by atoms with E-state index in [1.165, 1.54) is 6.42 Å². The molecule has 2 rings (SSSR count). The fraction of sp³-hybridized carbons (Fsp3) is 0.500. The van der Waals surface area contributed by atoms with Crippen LogP contribution in [-0.2, 0) is 4.79 Å². The van der Waals surface area contributed by atoms with E-state index < -0.39 is 0 Å². The van der Waals surface area contributed by atoms with Crippen molar-refractivity contribution < 1.29 is 4.79 Å². The van der Waals surface area contributed by atoms with E-state index in [1.807, 2.05) is 19.1 Å². The van der Waals surface area contributed by atoms with Crippen molar-refractivity contribution in [2.45, 2.75) is 38.6 Å². The Hall–Kier alpha value is -1.06. The van der Waals surface area contributed by atoms with Gasteiger partial charge < -0.3 is 10.6 Å². The second kappa shape index (κ2) is 6.21. The van der Waals surface area contributed by atoms with Gasteiger partial charge in [-0.2, -0.15) is 0 Å². The average molecular weight is 267 g/mol. The summed E-state index contributed by atoms with van der Waals surface area (Å²) in [4.78, 5) is 12.2. The fourth-order valence-corrected chi connectivity index (χ4v) is 2.52. The van der Waals surface area contributed by atoms with Crippen molar-refractivity contribution in [1.29, 1.82) is 0 Å². The standard InChI is InChI=1S/C14H19ClN2O/c1-10-6-5-7-11(15)13(10)17-14(18)12-8-3-2-4-9-16-12/h5-7,12,16H,2-4,8-9H2,1H3,(H,17,18). The average Bonchev–Trinajstić information content (AvgIpc) is 2.62. The lowest BCUT2D eigenvalue weighted by atomic mass is 10.1. The number of nitrogens with one attached hydrogen (secondary N) is 2. The molecular weight excluding hydrogens is 248 g/mol. The molecule has 98 valence electrons. The Labute approximate surface area is 113 Å². The minimum absolute atomic E-state index is 0.0214. The Kier molecular flexibility index (Phi) is 4.61. The molecule has 3 nitrogen and oxygen atoms in total. The first-order valence-electron chi connectivity index (χ1n) is 6.48. The number of para-hydroxylation sites is 1. The van der Waals surface area contributed by atoms with Crippen LogP contribution in [0.3, 0.4) is 0 Å². The van der Waals surface area contributed by atoms with Crippen LogP contribution < -0.4 is 10.6 Å². The molecule has 0 radical (unpaired) electrons. The Bertz CT molecular complexity index is 406. The molecule has 1 saturated heterocycles. The zero-order valence-electron chi connectivity index (χ0n) is 10.6. The molecular formula is C14H19ClN2O. The summed E-state index contributed by atoms with van der Waals surface area (Å²) in [7, 11) is 0. The van der Waals surface area contributed by atoms with E-state index in [-0.39, 0.29) is 11.9 Å². The van der Waals surface area contributed by atoms with Crippen molar-refractivity contribution in [2.75, 3.05) is 11.9 Å². The quantitative estimate of drug-likeness (QED) is 0.864. The molecule has 1 aromatic carbocycles. The van der Waals surface area contributed by atoms with E-state index in [0.717, 1.165) is 37.1 Å². The van der Waals surface area contributed by atoms with E-state index in [9.17, 15) is 4.79 Å². The second-order valence-electron chi connectivity index (χ2n) is 4.78. The van der Waals surface area contributed by atoms with Crippen LogP contribution in [0.4, 0.5) is 5.69 Å². The third kappa shape index (κ3) is 3.24. The van der Waals surface area contributed by atoms with Gasteiger partial charge in [0.2, 0.25) is 5.91 Å². The lowest BCUT2D eigenvalue weighted by Crippen LogP contribution is -2.40. The molecule has 0 bridgehead atoms. The molecule has 1 fully saturated rings. The van der Waals surface area contributed by atoms with E-state index >= 15 is 0 Å². The number of carbonyl (C=O) groups is 1. The Balaban J connectivity index is 2.06. The van der Waals surface area contributed by atoms with Crippen LogP contribution in [0.2, 0.25) is 5.02 Å². The maximum Gasteiger partial charge on any atom is 0.241 e. The van der Waals surface area contributed by atoms with Gasteiger partial charge in [0, 0.05) is 0 Å². The molecule has 1 amide bonds. The zero-order valence-corrected chi connectivity index (χ0v) is 11.4. The summed E-state index contributed by atoms with van der Waals surface area (Å²) in [5.41, 5.74) is 1.72. The number of benzene rings is 1. The van der Waals surface area contributed by atoms with Crippen LogP contribution in [-0.4, -0.2) is 18.5 Å². The summed E-state index contributed by atoms with van der Waals surface area (Å²) in [6.45, 7) is 2.86. The number of aryl methyl sites for hydroxylation is 1. The molecule has 2 N–H and O–H groups in total. The van der Waals surface area contributed by atoms with Crippen molar-refractivity contribution in [2.24, 2.45) is 0 Å². The van der Waals surface area contributed by atoms with Gasteiger partial charge in [-0.15, -0.1) is 0 Å². The van der Waals surface area contributed by atoms with E-state index in [4.69, 9.17) is 11.6 Å². The monoisotopic (exact) mass is 266 g/mol. The molecule has 1 aromatic rings. The van der Waals surface area contributed by atoms with Gasteiger partial charge in [0.15, 0.2) is 0 Å². The van der Waals surface area contributed by atoms with E-state index in [0.29, 0.717) is 5.02 Å². The van der Waals surface area contributed by atoms with Crippen LogP contribution in [0, 0.1) is 6.92 Å². The van der Waals surface area contributed by atoms with Crippen molar-refractivity contribution in [3.63, 3.8) is 0 Å². The SMILES string of the molecule is Cc1cccc(Cl)c1NC(=O)C1CCCCCN1. The topological polar surface area (TPSA) is 41.1 Å². The molecule has 1 unspecified atom stereocenters. The Morgan fingerprint density at radius 3 is 3.00 bits per heavy atom. The van der Waals surface area contributed by atoms with Gasteiger partial charge in [0.05, 0.1) is 16.8 Å². The summed E-state index contributed by atoms with van der Waals surface area (Å²) in [6.07, 6.45) is 4.35. The van der Waals surface area contributed by atoms with Gasteiger partial charge in [-0.3, -0.25) is 4.79 Å². The van der Waals surface area contributed by atoms with Crippen molar-refractivity contribution in [3.05, 3.63) is 28.8 Å². The minimum atomic E-state index is -0.0943. The molecule has 0 spiro atoms. The number of anilines is 1. The molecule has 0 saturated carbocycles. The largest absolute Gasteiger partial charge is 0.323 e. The van der Waals surface area contributed by atoms with Gasteiger partial charge in [-0.1, -0.05) is 36.6 Å². The number of carbonyl (C=O) groups excluding carboxylic acids is 1. The summed E-state index contributed by atoms with van der Waals surface area (Å²) in [5.74, 6) is 0.0214. The summed E-state index contributed by atoms with van der Waals surface area (Å²) in [5, 5.41) is 6.82. The van der Waals surface area contributed by atoms with E-state index in [1.54, 1.807) is 6.07 Å². The molecule has 18 heavy (non-hydrogen) atoms. The molecule has 1 atom stereocenters. The highest BCUT2D eigenvalue weighted by Gasteiger charge is 2.20. The third-order valence-corrected chi connectivity index (χ3v) is 3.66. The first-order chi connectivity index (χ1) is 8.68. The number of hydrogen-bond acceptors (Lipinski definition) is 2. The van der Waals surface area contributed by atoms with Crippen LogP contribution in [0.15, 0.2) is 18.2 Å². The minimum Gasteiger partial charge on any atom is -0.323 e. The smallest absolute Gasteiger partial charge is 0.241 e. The fourth-order valence-electron chi connectivity index (χ4n) is 2.25. The van der Waals surface area contributed by atoms with Crippen molar-refractivity contribution in [1.82, 2.24) is 5.32 Å². The predicted octanol–water partition coefficient (Wildman–Crippen LogP) is 3.12. The van der Waals surface area contributed by atoms with E-state index in [2.05, 4.69) is 10.6 Å². The highest BCUT2D eigenvalue weighted by molar-refractivity contribution is 6.34. The van der Waals surface area contributed by atoms with Crippen LogP contribution in [0.5, 0.6) is 0 Å². The van der Waals surface area contributed by atoms with Crippen LogP contribution >= 0.6 is 11.6 Å². The summed E-state index contributed by atoms with van der Waals surface area (Å²) < 4.78 is 0. The number of rotatable bonds is 2. The maximum atomic E-state index is 12.2. The van der Waals surface area contributed by atoms with Gasteiger partial charge in [0.25, 0.3) is 0 Å². The number of amides is 1. The zero-order chi connectivity index (χ0) is 13.0. The van der Waals surface area contributed by atoms with Gasteiger partial charge in [0.1, 0.15) is 0 Å². The number of halogens is 1. The highest BCUT2D eigenvalue weighted by atomic mass is 35.5. The maximum absolute atomic E-state index is 12.2. The molecule has 4 heteroatoms.